The number of ether oxygens (including phenoxy) is 2. The van der Waals surface area contributed by atoms with E-state index in [-0.39, 0.29) is 12.1 Å². The van der Waals surface area contributed by atoms with E-state index in [4.69, 9.17) is 9.47 Å². The number of aliphatic hydroxyl groups excluding tert-OH is 1. The molecule has 0 saturated carbocycles. The Morgan fingerprint density at radius 2 is 1.59 bits per heavy atom. The van der Waals surface area contributed by atoms with E-state index in [2.05, 4.69) is 19.1 Å². The van der Waals surface area contributed by atoms with Gasteiger partial charge in [0, 0.05) is 20.1 Å². The van der Waals surface area contributed by atoms with Crippen LogP contribution in [0.1, 0.15) is 103 Å². The van der Waals surface area contributed by atoms with Gasteiger partial charge in [0.15, 0.2) is 0 Å². The van der Waals surface area contributed by atoms with Gasteiger partial charge >= 0.3 is 5.97 Å². The van der Waals surface area contributed by atoms with Crippen molar-refractivity contribution in [1.29, 1.82) is 0 Å². The van der Waals surface area contributed by atoms with Gasteiger partial charge in [0.05, 0.1) is 12.7 Å². The van der Waals surface area contributed by atoms with Crippen LogP contribution in [0, 0.1) is 0 Å². The van der Waals surface area contributed by atoms with Crippen LogP contribution in [-0.4, -0.2) is 37.5 Å². The predicted octanol–water partition coefficient (Wildman–Crippen LogP) is 5.96. The Labute approximate surface area is 167 Å². The van der Waals surface area contributed by atoms with Crippen LogP contribution >= 0.6 is 0 Å². The first-order chi connectivity index (χ1) is 13.2. The fraction of sp³-hybridized carbons (Fsp3) is 0.870. The van der Waals surface area contributed by atoms with Gasteiger partial charge in [-0.05, 0) is 44.9 Å². The average molecular weight is 385 g/mol. The first-order valence-corrected chi connectivity index (χ1v) is 11.2. The molecule has 0 bridgehead atoms. The molecule has 0 saturated heterocycles. The molecule has 0 heterocycles. The monoisotopic (exact) mass is 384 g/mol. The second kappa shape index (κ2) is 21.4. The van der Waals surface area contributed by atoms with Gasteiger partial charge in [0.1, 0.15) is 0 Å². The molecular formula is C23H44O4. The fourth-order valence-corrected chi connectivity index (χ4v) is 2.96. The summed E-state index contributed by atoms with van der Waals surface area (Å²) in [6.45, 7) is 3.45. The Kier molecular flexibility index (Phi) is 20.7. The molecule has 1 atom stereocenters. The molecule has 0 rings (SSSR count). The van der Waals surface area contributed by atoms with E-state index >= 15 is 0 Å². The van der Waals surface area contributed by atoms with Crippen molar-refractivity contribution in [3.05, 3.63) is 12.2 Å². The van der Waals surface area contributed by atoms with E-state index in [1.165, 1.54) is 38.5 Å². The van der Waals surface area contributed by atoms with Crippen LogP contribution < -0.4 is 0 Å². The number of hydrogen-bond donors (Lipinski definition) is 1. The van der Waals surface area contributed by atoms with Crippen LogP contribution in [0.2, 0.25) is 0 Å². The lowest BCUT2D eigenvalue weighted by Gasteiger charge is -2.07. The molecule has 1 unspecified atom stereocenters. The van der Waals surface area contributed by atoms with E-state index in [1.54, 1.807) is 7.11 Å². The van der Waals surface area contributed by atoms with Crippen molar-refractivity contribution >= 4 is 5.97 Å². The Balaban J connectivity index is 3.30. The van der Waals surface area contributed by atoms with Crippen LogP contribution in [0.3, 0.4) is 0 Å². The molecule has 0 aromatic rings. The third-order valence-electron chi connectivity index (χ3n) is 4.72. The van der Waals surface area contributed by atoms with Gasteiger partial charge in [0.2, 0.25) is 0 Å². The van der Waals surface area contributed by atoms with Gasteiger partial charge in [-0.15, -0.1) is 0 Å². The summed E-state index contributed by atoms with van der Waals surface area (Å²) in [5, 5.41) is 9.89. The highest BCUT2D eigenvalue weighted by Crippen LogP contribution is 2.10. The third-order valence-corrected chi connectivity index (χ3v) is 4.72. The molecule has 0 amide bonds. The van der Waals surface area contributed by atoms with Crippen LogP contribution in [-0.2, 0) is 14.3 Å². The van der Waals surface area contributed by atoms with Crippen molar-refractivity contribution < 1.29 is 19.4 Å². The van der Waals surface area contributed by atoms with Crippen molar-refractivity contribution in [2.45, 2.75) is 109 Å². The number of allylic oxidation sites excluding steroid dienone is 1. The third kappa shape index (κ3) is 21.3. The van der Waals surface area contributed by atoms with E-state index in [0.29, 0.717) is 13.0 Å². The summed E-state index contributed by atoms with van der Waals surface area (Å²) in [4.78, 5) is 11.6. The van der Waals surface area contributed by atoms with Crippen LogP contribution in [0.25, 0.3) is 0 Å². The zero-order valence-corrected chi connectivity index (χ0v) is 17.9. The molecule has 0 aliphatic heterocycles. The molecule has 27 heavy (non-hydrogen) atoms. The number of unbranched alkanes of at least 4 members (excludes halogenated alkanes) is 9. The van der Waals surface area contributed by atoms with Crippen molar-refractivity contribution in [1.82, 2.24) is 0 Å². The van der Waals surface area contributed by atoms with Crippen molar-refractivity contribution in [2.75, 3.05) is 20.3 Å². The fourth-order valence-electron chi connectivity index (χ4n) is 2.96. The number of carbonyl (C=O) groups excluding carboxylic acids is 1. The maximum Gasteiger partial charge on any atom is 0.305 e. The number of carbonyl (C=O) groups is 1. The molecule has 4 nitrogen and oxygen atoms in total. The quantitative estimate of drug-likeness (QED) is 0.160. The van der Waals surface area contributed by atoms with Crippen molar-refractivity contribution in [2.24, 2.45) is 0 Å². The summed E-state index contributed by atoms with van der Waals surface area (Å²) in [5.74, 6) is -0.0661. The zero-order chi connectivity index (χ0) is 20.0. The topological polar surface area (TPSA) is 55.8 Å². The Morgan fingerprint density at radius 1 is 0.889 bits per heavy atom. The number of hydrogen-bond acceptors (Lipinski definition) is 4. The molecule has 0 aromatic carbocycles. The van der Waals surface area contributed by atoms with Crippen LogP contribution in [0.15, 0.2) is 12.2 Å². The predicted molar refractivity (Wildman–Crippen MR) is 113 cm³/mol. The lowest BCUT2D eigenvalue weighted by atomic mass is 10.1. The largest absolute Gasteiger partial charge is 0.466 e. The molecule has 1 N–H and O–H groups in total. The van der Waals surface area contributed by atoms with Crippen molar-refractivity contribution in [3.8, 4) is 0 Å². The summed E-state index contributed by atoms with van der Waals surface area (Å²) in [6.07, 6.45) is 19.8. The van der Waals surface area contributed by atoms with Gasteiger partial charge in [-0.25, -0.2) is 0 Å². The maximum absolute atomic E-state index is 11.6. The Hall–Kier alpha value is -0.870. The second-order valence-corrected chi connectivity index (χ2v) is 7.44. The van der Waals surface area contributed by atoms with Crippen LogP contribution in [0.5, 0.6) is 0 Å². The Morgan fingerprint density at radius 3 is 2.37 bits per heavy atom. The minimum absolute atomic E-state index is 0.0661. The summed E-state index contributed by atoms with van der Waals surface area (Å²) in [7, 11) is 1.68. The van der Waals surface area contributed by atoms with Crippen LogP contribution in [0.4, 0.5) is 0 Å². The molecule has 0 spiro atoms. The number of aliphatic hydroxyl groups is 1. The highest BCUT2D eigenvalue weighted by molar-refractivity contribution is 5.69. The first-order valence-electron chi connectivity index (χ1n) is 11.2. The standard InChI is InChI=1S/C23H44O4/c1-3-4-5-12-17-22(24)18-13-10-8-6-7-9-11-14-19-23(25)27-21-16-15-20-26-2/h10,13,22,24H,3-9,11-12,14-21H2,1-2H3/b13-10+. The summed E-state index contributed by atoms with van der Waals surface area (Å²) in [5.41, 5.74) is 0. The van der Waals surface area contributed by atoms with E-state index in [9.17, 15) is 9.90 Å². The molecule has 4 heteroatoms. The molecular weight excluding hydrogens is 340 g/mol. The van der Waals surface area contributed by atoms with E-state index < -0.39 is 0 Å². The van der Waals surface area contributed by atoms with Crippen molar-refractivity contribution in [3.63, 3.8) is 0 Å². The number of methoxy groups -OCH3 is 1. The van der Waals surface area contributed by atoms with Gasteiger partial charge < -0.3 is 14.6 Å². The zero-order valence-electron chi connectivity index (χ0n) is 17.9. The maximum atomic E-state index is 11.6. The smallest absolute Gasteiger partial charge is 0.305 e. The molecule has 0 fully saturated rings. The number of rotatable bonds is 20. The summed E-state index contributed by atoms with van der Waals surface area (Å²) >= 11 is 0. The SMILES string of the molecule is CCCCCCC(O)C/C=C/CCCCCCCC(=O)OCCCCOC. The molecule has 0 aliphatic rings. The van der Waals surface area contributed by atoms with Gasteiger partial charge in [-0.2, -0.15) is 0 Å². The Bertz CT molecular complexity index is 341. The molecule has 0 aliphatic carbocycles. The van der Waals surface area contributed by atoms with Gasteiger partial charge in [-0.3, -0.25) is 4.79 Å². The highest BCUT2D eigenvalue weighted by Gasteiger charge is 2.02. The highest BCUT2D eigenvalue weighted by atomic mass is 16.5. The first kappa shape index (κ1) is 26.1. The molecule has 0 aromatic heterocycles. The van der Waals surface area contributed by atoms with Gasteiger partial charge in [0.25, 0.3) is 0 Å². The normalized spacial score (nSPS) is 12.6. The minimum atomic E-state index is -0.169. The van der Waals surface area contributed by atoms with E-state index in [0.717, 1.165) is 58.0 Å². The lowest BCUT2D eigenvalue weighted by molar-refractivity contribution is -0.143. The molecule has 0 radical (unpaired) electrons. The van der Waals surface area contributed by atoms with Gasteiger partial charge in [-0.1, -0.05) is 64.0 Å². The number of esters is 1. The van der Waals surface area contributed by atoms with E-state index in [1.807, 2.05) is 0 Å². The summed E-state index contributed by atoms with van der Waals surface area (Å²) in [6, 6.07) is 0. The summed E-state index contributed by atoms with van der Waals surface area (Å²) < 4.78 is 10.2. The lowest BCUT2D eigenvalue weighted by Crippen LogP contribution is -2.06. The average Bonchev–Trinajstić information content (AvgIpc) is 2.66. The minimum Gasteiger partial charge on any atom is -0.466 e. The molecule has 160 valence electrons. The second-order valence-electron chi connectivity index (χ2n) is 7.44.